The SMILES string of the molecule is CC(C)N(CC1CCNCC1)c1ccc(C(N)=O)nn1. The highest BCUT2D eigenvalue weighted by molar-refractivity contribution is 5.90. The molecule has 1 saturated heterocycles. The molecule has 0 unspecified atom stereocenters. The van der Waals surface area contributed by atoms with Crippen molar-refractivity contribution in [2.75, 3.05) is 24.5 Å². The molecule has 6 heteroatoms. The molecular formula is C14H23N5O. The third-order valence-electron chi connectivity index (χ3n) is 3.73. The molecule has 0 saturated carbocycles. The second-order valence-electron chi connectivity index (χ2n) is 5.58. The number of hydrogen-bond donors (Lipinski definition) is 2. The molecule has 0 bridgehead atoms. The Bertz CT molecular complexity index is 439. The van der Waals surface area contributed by atoms with E-state index in [1.165, 1.54) is 12.8 Å². The van der Waals surface area contributed by atoms with Crippen molar-refractivity contribution in [1.29, 1.82) is 0 Å². The molecule has 3 N–H and O–H groups in total. The van der Waals surface area contributed by atoms with Crippen LogP contribution in [0.25, 0.3) is 0 Å². The van der Waals surface area contributed by atoms with Crippen LogP contribution in [0.3, 0.4) is 0 Å². The van der Waals surface area contributed by atoms with Crippen molar-refractivity contribution in [3.05, 3.63) is 17.8 Å². The summed E-state index contributed by atoms with van der Waals surface area (Å²) in [6, 6.07) is 3.81. The number of rotatable bonds is 5. The van der Waals surface area contributed by atoms with Gasteiger partial charge in [0.05, 0.1) is 0 Å². The molecule has 0 spiro atoms. The minimum Gasteiger partial charge on any atom is -0.364 e. The van der Waals surface area contributed by atoms with Gasteiger partial charge < -0.3 is 16.0 Å². The monoisotopic (exact) mass is 277 g/mol. The molecule has 20 heavy (non-hydrogen) atoms. The average molecular weight is 277 g/mol. The third kappa shape index (κ3) is 3.66. The average Bonchev–Trinajstić information content (AvgIpc) is 2.45. The van der Waals surface area contributed by atoms with Gasteiger partial charge in [-0.15, -0.1) is 10.2 Å². The second kappa shape index (κ2) is 6.65. The van der Waals surface area contributed by atoms with Crippen LogP contribution < -0.4 is 16.0 Å². The van der Waals surface area contributed by atoms with Crippen molar-refractivity contribution in [3.8, 4) is 0 Å². The summed E-state index contributed by atoms with van der Waals surface area (Å²) < 4.78 is 0. The number of nitrogens with zero attached hydrogens (tertiary/aromatic N) is 3. The van der Waals surface area contributed by atoms with Gasteiger partial charge >= 0.3 is 0 Å². The normalized spacial score (nSPS) is 16.4. The summed E-state index contributed by atoms with van der Waals surface area (Å²) in [5, 5.41) is 11.4. The Kier molecular flexibility index (Phi) is 4.89. The quantitative estimate of drug-likeness (QED) is 0.831. The zero-order valence-electron chi connectivity index (χ0n) is 12.2. The van der Waals surface area contributed by atoms with Gasteiger partial charge in [-0.05, 0) is 57.8 Å². The van der Waals surface area contributed by atoms with Crippen LogP contribution in [-0.4, -0.2) is 41.8 Å². The molecule has 0 atom stereocenters. The van der Waals surface area contributed by atoms with Gasteiger partial charge in [0.1, 0.15) is 0 Å². The molecule has 110 valence electrons. The summed E-state index contributed by atoms with van der Waals surface area (Å²) in [4.78, 5) is 13.3. The topological polar surface area (TPSA) is 84.1 Å². The Hall–Kier alpha value is -1.69. The van der Waals surface area contributed by atoms with E-state index >= 15 is 0 Å². The smallest absolute Gasteiger partial charge is 0.269 e. The van der Waals surface area contributed by atoms with E-state index in [2.05, 4.69) is 34.3 Å². The Labute approximate surface area is 119 Å². The van der Waals surface area contributed by atoms with Crippen LogP contribution in [-0.2, 0) is 0 Å². The lowest BCUT2D eigenvalue weighted by Crippen LogP contribution is -2.40. The molecule has 1 aliphatic heterocycles. The Balaban J connectivity index is 2.09. The van der Waals surface area contributed by atoms with Crippen molar-refractivity contribution in [2.45, 2.75) is 32.7 Å². The van der Waals surface area contributed by atoms with Crippen LogP contribution >= 0.6 is 0 Å². The zero-order chi connectivity index (χ0) is 14.5. The Morgan fingerprint density at radius 2 is 2.10 bits per heavy atom. The number of carbonyl (C=O) groups excluding carboxylic acids is 1. The summed E-state index contributed by atoms with van der Waals surface area (Å²) in [6.45, 7) is 7.44. The zero-order valence-corrected chi connectivity index (χ0v) is 12.2. The van der Waals surface area contributed by atoms with Gasteiger partial charge in [0.25, 0.3) is 5.91 Å². The van der Waals surface area contributed by atoms with E-state index in [4.69, 9.17) is 5.73 Å². The maximum atomic E-state index is 11.0. The number of aromatic nitrogens is 2. The van der Waals surface area contributed by atoms with Gasteiger partial charge in [-0.25, -0.2) is 0 Å². The van der Waals surface area contributed by atoms with Crippen molar-refractivity contribution >= 4 is 11.7 Å². The highest BCUT2D eigenvalue weighted by Gasteiger charge is 2.20. The van der Waals surface area contributed by atoms with Gasteiger partial charge in [0.2, 0.25) is 0 Å². The number of hydrogen-bond acceptors (Lipinski definition) is 5. The van der Waals surface area contributed by atoms with Gasteiger partial charge in [-0.3, -0.25) is 4.79 Å². The Morgan fingerprint density at radius 3 is 2.60 bits per heavy atom. The van der Waals surface area contributed by atoms with E-state index in [0.29, 0.717) is 12.0 Å². The number of nitrogens with one attached hydrogen (secondary N) is 1. The molecule has 0 aromatic carbocycles. The van der Waals surface area contributed by atoms with E-state index in [1.807, 2.05) is 6.07 Å². The van der Waals surface area contributed by atoms with Crippen LogP contribution in [0.4, 0.5) is 5.82 Å². The largest absolute Gasteiger partial charge is 0.364 e. The van der Waals surface area contributed by atoms with Crippen LogP contribution in [0.15, 0.2) is 12.1 Å². The van der Waals surface area contributed by atoms with E-state index < -0.39 is 5.91 Å². The standard InChI is InChI=1S/C14H23N5O/c1-10(2)19(9-11-5-7-16-8-6-11)13-4-3-12(14(15)20)17-18-13/h3-4,10-11,16H,5-9H2,1-2H3,(H2,15,20). The molecule has 6 nitrogen and oxygen atoms in total. The lowest BCUT2D eigenvalue weighted by molar-refractivity contribution is 0.0994. The van der Waals surface area contributed by atoms with E-state index in [1.54, 1.807) is 6.07 Å². The first kappa shape index (κ1) is 14.7. The summed E-state index contributed by atoms with van der Waals surface area (Å²) in [5.41, 5.74) is 5.39. The van der Waals surface area contributed by atoms with Gasteiger partial charge in [0.15, 0.2) is 11.5 Å². The lowest BCUT2D eigenvalue weighted by atomic mass is 9.97. The first-order chi connectivity index (χ1) is 9.58. The highest BCUT2D eigenvalue weighted by Crippen LogP contribution is 2.20. The molecule has 2 heterocycles. The minimum absolute atomic E-state index is 0.208. The molecule has 0 aliphatic carbocycles. The molecule has 1 aliphatic rings. The minimum atomic E-state index is -0.543. The molecule has 2 rings (SSSR count). The molecule has 0 radical (unpaired) electrons. The first-order valence-corrected chi connectivity index (χ1v) is 7.19. The van der Waals surface area contributed by atoms with Crippen LogP contribution in [0.5, 0.6) is 0 Å². The highest BCUT2D eigenvalue weighted by atomic mass is 16.1. The molecule has 1 fully saturated rings. The molecular weight excluding hydrogens is 254 g/mol. The lowest BCUT2D eigenvalue weighted by Gasteiger charge is -2.33. The van der Waals surface area contributed by atoms with Crippen molar-refractivity contribution in [3.63, 3.8) is 0 Å². The summed E-state index contributed by atoms with van der Waals surface area (Å²) in [5.74, 6) is 0.943. The van der Waals surface area contributed by atoms with E-state index in [-0.39, 0.29) is 5.69 Å². The number of amides is 1. The summed E-state index contributed by atoms with van der Waals surface area (Å²) >= 11 is 0. The fourth-order valence-electron chi connectivity index (χ4n) is 2.52. The number of piperidine rings is 1. The van der Waals surface area contributed by atoms with Gasteiger partial charge in [-0.1, -0.05) is 0 Å². The van der Waals surface area contributed by atoms with E-state index in [0.717, 1.165) is 25.5 Å². The molecule has 1 amide bonds. The predicted octanol–water partition coefficient (Wildman–Crippen LogP) is 0.790. The van der Waals surface area contributed by atoms with Gasteiger partial charge in [0, 0.05) is 12.6 Å². The fourth-order valence-corrected chi connectivity index (χ4v) is 2.52. The maximum Gasteiger partial charge on any atom is 0.269 e. The number of nitrogens with two attached hydrogens (primary N) is 1. The molecule has 1 aromatic heterocycles. The number of carbonyl (C=O) groups is 1. The van der Waals surface area contributed by atoms with Crippen molar-refractivity contribution in [1.82, 2.24) is 15.5 Å². The maximum absolute atomic E-state index is 11.0. The van der Waals surface area contributed by atoms with Gasteiger partial charge in [-0.2, -0.15) is 0 Å². The van der Waals surface area contributed by atoms with Crippen LogP contribution in [0.2, 0.25) is 0 Å². The molecule has 1 aromatic rings. The first-order valence-electron chi connectivity index (χ1n) is 7.19. The summed E-state index contributed by atoms with van der Waals surface area (Å²) in [7, 11) is 0. The number of anilines is 1. The van der Waals surface area contributed by atoms with Crippen LogP contribution in [0, 0.1) is 5.92 Å². The van der Waals surface area contributed by atoms with E-state index in [9.17, 15) is 4.79 Å². The third-order valence-corrected chi connectivity index (χ3v) is 3.73. The van der Waals surface area contributed by atoms with Crippen molar-refractivity contribution in [2.24, 2.45) is 11.7 Å². The predicted molar refractivity (Wildman–Crippen MR) is 78.6 cm³/mol. The number of primary amides is 1. The summed E-state index contributed by atoms with van der Waals surface area (Å²) in [6.07, 6.45) is 2.38. The van der Waals surface area contributed by atoms with Crippen LogP contribution in [0.1, 0.15) is 37.2 Å². The second-order valence-corrected chi connectivity index (χ2v) is 5.58. The Morgan fingerprint density at radius 1 is 1.40 bits per heavy atom. The fraction of sp³-hybridized carbons (Fsp3) is 0.643. The van der Waals surface area contributed by atoms with Crippen molar-refractivity contribution < 1.29 is 4.79 Å².